The van der Waals surface area contributed by atoms with Gasteiger partial charge in [0.15, 0.2) is 0 Å². The Hall–Kier alpha value is -0.120. The molecule has 0 aromatic rings. The van der Waals surface area contributed by atoms with E-state index in [0.717, 1.165) is 24.4 Å². The molecule has 0 aromatic heterocycles. The summed E-state index contributed by atoms with van der Waals surface area (Å²) >= 11 is 0. The quantitative estimate of drug-likeness (QED) is 0.838. The van der Waals surface area contributed by atoms with Gasteiger partial charge in [0, 0.05) is 24.7 Å². The molecule has 4 rings (SSSR count). The van der Waals surface area contributed by atoms with Crippen molar-refractivity contribution in [1.82, 2.24) is 9.80 Å². The van der Waals surface area contributed by atoms with Gasteiger partial charge in [-0.25, -0.2) is 0 Å². The van der Waals surface area contributed by atoms with Crippen LogP contribution in [0.1, 0.15) is 51.4 Å². The third-order valence-corrected chi connectivity index (χ3v) is 7.06. The minimum atomic E-state index is 0.355. The number of rotatable bonds is 2. The van der Waals surface area contributed by atoms with Crippen LogP contribution in [0.2, 0.25) is 0 Å². The number of nitrogens with two attached hydrogens (primary N) is 1. The Morgan fingerprint density at radius 1 is 0.950 bits per heavy atom. The number of nitrogens with zero attached hydrogens (tertiary/aromatic N) is 2. The lowest BCUT2D eigenvalue weighted by Gasteiger charge is -2.57. The largest absolute Gasteiger partial charge is 0.329 e. The fourth-order valence-electron chi connectivity index (χ4n) is 5.97. The molecule has 2 bridgehead atoms. The smallest absolute Gasteiger partial charge is 0.0387 e. The van der Waals surface area contributed by atoms with E-state index in [9.17, 15) is 0 Å². The monoisotopic (exact) mass is 277 g/mol. The number of hydrogen-bond donors (Lipinski definition) is 1. The summed E-state index contributed by atoms with van der Waals surface area (Å²) in [5.74, 6) is 1.84. The van der Waals surface area contributed by atoms with Crippen LogP contribution in [0, 0.1) is 11.8 Å². The van der Waals surface area contributed by atoms with E-state index < -0.39 is 0 Å². The van der Waals surface area contributed by atoms with Gasteiger partial charge in [-0.15, -0.1) is 0 Å². The van der Waals surface area contributed by atoms with Crippen molar-refractivity contribution in [2.75, 3.05) is 32.7 Å². The molecule has 114 valence electrons. The van der Waals surface area contributed by atoms with Crippen molar-refractivity contribution in [2.24, 2.45) is 17.6 Å². The summed E-state index contributed by atoms with van der Waals surface area (Å²) in [5, 5.41) is 0. The molecule has 4 fully saturated rings. The standard InChI is InChI=1S/C17H31N3/c18-13-17(8-11-19-10-7-15(17)12-19)20-9-3-5-14-4-1-2-6-16(14)20/h14-16H,1-13,18H2. The summed E-state index contributed by atoms with van der Waals surface area (Å²) in [5.41, 5.74) is 6.77. The Morgan fingerprint density at radius 3 is 2.70 bits per heavy atom. The zero-order valence-corrected chi connectivity index (χ0v) is 12.9. The van der Waals surface area contributed by atoms with E-state index in [0.29, 0.717) is 5.54 Å². The summed E-state index contributed by atoms with van der Waals surface area (Å²) in [4.78, 5) is 5.62. The molecule has 5 unspecified atom stereocenters. The molecule has 3 nitrogen and oxygen atoms in total. The average molecular weight is 277 g/mol. The van der Waals surface area contributed by atoms with Crippen molar-refractivity contribution in [3.63, 3.8) is 0 Å². The number of piperidine rings is 2. The highest BCUT2D eigenvalue weighted by atomic mass is 15.3. The topological polar surface area (TPSA) is 32.5 Å². The van der Waals surface area contributed by atoms with Crippen molar-refractivity contribution in [2.45, 2.75) is 62.9 Å². The average Bonchev–Trinajstić information content (AvgIpc) is 2.92. The first-order chi connectivity index (χ1) is 9.83. The maximum absolute atomic E-state index is 6.42. The Balaban J connectivity index is 1.62. The zero-order valence-electron chi connectivity index (χ0n) is 12.9. The molecule has 1 aliphatic carbocycles. The van der Waals surface area contributed by atoms with Crippen LogP contribution in [0.4, 0.5) is 0 Å². The summed E-state index contributed by atoms with van der Waals surface area (Å²) in [6.07, 6.45) is 11.5. The van der Waals surface area contributed by atoms with E-state index in [2.05, 4.69) is 9.80 Å². The molecule has 1 saturated carbocycles. The third kappa shape index (κ3) is 1.97. The molecule has 5 atom stereocenters. The maximum atomic E-state index is 6.42. The van der Waals surface area contributed by atoms with Gasteiger partial charge in [-0.1, -0.05) is 12.8 Å². The lowest BCUT2D eigenvalue weighted by molar-refractivity contribution is -0.0691. The number of hydrogen-bond acceptors (Lipinski definition) is 3. The molecule has 3 heteroatoms. The van der Waals surface area contributed by atoms with Crippen LogP contribution in [0.25, 0.3) is 0 Å². The maximum Gasteiger partial charge on any atom is 0.0387 e. The summed E-state index contributed by atoms with van der Waals surface area (Å²) in [7, 11) is 0. The van der Waals surface area contributed by atoms with Gasteiger partial charge in [0.05, 0.1) is 0 Å². The van der Waals surface area contributed by atoms with Gasteiger partial charge < -0.3 is 10.6 Å². The van der Waals surface area contributed by atoms with E-state index in [1.807, 2.05) is 0 Å². The molecular weight excluding hydrogens is 246 g/mol. The summed E-state index contributed by atoms with van der Waals surface area (Å²) < 4.78 is 0. The van der Waals surface area contributed by atoms with Crippen LogP contribution < -0.4 is 5.73 Å². The first-order valence-corrected chi connectivity index (χ1v) is 9.03. The van der Waals surface area contributed by atoms with Gasteiger partial charge >= 0.3 is 0 Å². The van der Waals surface area contributed by atoms with Crippen LogP contribution in [-0.2, 0) is 0 Å². The van der Waals surface area contributed by atoms with Gasteiger partial charge in [0.2, 0.25) is 0 Å². The minimum Gasteiger partial charge on any atom is -0.329 e. The second-order valence-electron chi connectivity index (χ2n) is 7.79. The van der Waals surface area contributed by atoms with Crippen molar-refractivity contribution in [3.05, 3.63) is 0 Å². The highest BCUT2D eigenvalue weighted by Crippen LogP contribution is 2.45. The van der Waals surface area contributed by atoms with Crippen molar-refractivity contribution < 1.29 is 0 Å². The molecular formula is C17H31N3. The van der Waals surface area contributed by atoms with Gasteiger partial charge in [-0.2, -0.15) is 0 Å². The van der Waals surface area contributed by atoms with Gasteiger partial charge in [-0.05, 0) is 70.0 Å². The second kappa shape index (κ2) is 5.26. The molecule has 0 aromatic carbocycles. The zero-order chi connectivity index (χ0) is 13.6. The normalized spacial score (nSPS) is 49.0. The van der Waals surface area contributed by atoms with Gasteiger partial charge in [0.1, 0.15) is 0 Å². The van der Waals surface area contributed by atoms with Crippen molar-refractivity contribution >= 4 is 0 Å². The summed E-state index contributed by atoms with van der Waals surface area (Å²) in [6.45, 7) is 6.17. The van der Waals surface area contributed by atoms with Crippen molar-refractivity contribution in [3.8, 4) is 0 Å². The third-order valence-electron chi connectivity index (χ3n) is 7.06. The molecule has 3 aliphatic heterocycles. The van der Waals surface area contributed by atoms with Crippen LogP contribution >= 0.6 is 0 Å². The Bertz CT molecular complexity index is 356. The van der Waals surface area contributed by atoms with Crippen LogP contribution in [0.5, 0.6) is 0 Å². The number of likely N-dealkylation sites (tertiary alicyclic amines) is 1. The lowest BCUT2D eigenvalue weighted by atomic mass is 9.71. The molecule has 3 heterocycles. The van der Waals surface area contributed by atoms with Crippen LogP contribution in [-0.4, -0.2) is 54.1 Å². The van der Waals surface area contributed by atoms with E-state index >= 15 is 0 Å². The molecule has 4 aliphatic rings. The fraction of sp³-hybridized carbons (Fsp3) is 1.00. The highest BCUT2D eigenvalue weighted by molar-refractivity contribution is 5.08. The van der Waals surface area contributed by atoms with E-state index in [4.69, 9.17) is 5.73 Å². The molecule has 2 N–H and O–H groups in total. The Morgan fingerprint density at radius 2 is 1.80 bits per heavy atom. The Labute approximate surface area is 123 Å². The molecule has 0 spiro atoms. The SMILES string of the molecule is NCC1(N2CCCC3CCCCC32)CCN2CCC1C2. The minimum absolute atomic E-state index is 0.355. The van der Waals surface area contributed by atoms with Gasteiger partial charge in [0.25, 0.3) is 0 Å². The first-order valence-electron chi connectivity index (χ1n) is 9.03. The van der Waals surface area contributed by atoms with Crippen molar-refractivity contribution in [1.29, 1.82) is 0 Å². The highest BCUT2D eigenvalue weighted by Gasteiger charge is 2.52. The number of fused-ring (bicyclic) bond motifs is 3. The second-order valence-corrected chi connectivity index (χ2v) is 7.79. The molecule has 0 amide bonds. The van der Waals surface area contributed by atoms with E-state index in [1.165, 1.54) is 77.5 Å². The molecule has 3 saturated heterocycles. The summed E-state index contributed by atoms with van der Waals surface area (Å²) in [6, 6.07) is 0.869. The predicted octanol–water partition coefficient (Wildman–Crippen LogP) is 2.06. The predicted molar refractivity (Wildman–Crippen MR) is 82.6 cm³/mol. The van der Waals surface area contributed by atoms with E-state index in [1.54, 1.807) is 0 Å². The van der Waals surface area contributed by atoms with E-state index in [-0.39, 0.29) is 0 Å². The molecule has 20 heavy (non-hydrogen) atoms. The Kier molecular flexibility index (Phi) is 3.56. The fourth-order valence-corrected chi connectivity index (χ4v) is 5.97. The molecule has 0 radical (unpaired) electrons. The van der Waals surface area contributed by atoms with Gasteiger partial charge in [-0.3, -0.25) is 4.90 Å². The lowest BCUT2D eigenvalue weighted by Crippen LogP contribution is -2.67. The first kappa shape index (κ1) is 13.5. The van der Waals surface area contributed by atoms with Crippen LogP contribution in [0.3, 0.4) is 0 Å². The van der Waals surface area contributed by atoms with Crippen LogP contribution in [0.15, 0.2) is 0 Å².